The lowest BCUT2D eigenvalue weighted by atomic mass is 9.75. The van der Waals surface area contributed by atoms with E-state index in [9.17, 15) is 9.59 Å². The average Bonchev–Trinajstić information content (AvgIpc) is 3.72. The van der Waals surface area contributed by atoms with Crippen molar-refractivity contribution in [2.45, 2.75) is 62.9 Å². The smallest absolute Gasteiger partial charge is 0.407 e. The van der Waals surface area contributed by atoms with Crippen molar-refractivity contribution in [3.8, 4) is 11.3 Å². The molecule has 0 saturated heterocycles. The van der Waals surface area contributed by atoms with Crippen molar-refractivity contribution >= 4 is 17.6 Å². The molecule has 0 radical (unpaired) electrons. The van der Waals surface area contributed by atoms with Gasteiger partial charge in [0.2, 0.25) is 0 Å². The minimum Gasteiger partial charge on any atom is -0.453 e. The molecule has 3 aliphatic rings. The van der Waals surface area contributed by atoms with Gasteiger partial charge < -0.3 is 15.0 Å². The van der Waals surface area contributed by atoms with Gasteiger partial charge in [-0.2, -0.15) is 5.10 Å². The monoisotopic (exact) mass is 553 g/mol. The molecule has 2 aromatic carbocycles. The van der Waals surface area contributed by atoms with E-state index in [0.29, 0.717) is 35.1 Å². The molecule has 7 rings (SSSR count). The summed E-state index contributed by atoms with van der Waals surface area (Å²) in [5.41, 5.74) is 6.17. The van der Waals surface area contributed by atoms with Crippen LogP contribution in [0.2, 0.25) is 0 Å². The fraction of sp³-hybridized carbons (Fsp3) is 0.375. The summed E-state index contributed by atoms with van der Waals surface area (Å²) in [6.07, 6.45) is 3.93. The molecule has 0 spiro atoms. The van der Waals surface area contributed by atoms with Crippen molar-refractivity contribution in [3.05, 3.63) is 88.5 Å². The molecular formula is C32H32FN5O3. The molecule has 2 aromatic heterocycles. The zero-order valence-electron chi connectivity index (χ0n) is 23.1. The molecule has 4 aromatic rings. The van der Waals surface area contributed by atoms with E-state index in [2.05, 4.69) is 29.1 Å². The number of benzene rings is 2. The Balaban J connectivity index is 1.16. The van der Waals surface area contributed by atoms with E-state index >= 15 is 4.39 Å². The van der Waals surface area contributed by atoms with E-state index in [4.69, 9.17) is 10.1 Å². The van der Waals surface area contributed by atoms with Crippen LogP contribution in [0.1, 0.15) is 83.4 Å². The van der Waals surface area contributed by atoms with Gasteiger partial charge in [-0.1, -0.05) is 30.3 Å². The summed E-state index contributed by atoms with van der Waals surface area (Å²) in [6, 6.07) is 17.2. The standard InChI is InChI=1S/C32H32FN5O3/c1-18-24-6-4-3-5-19(24)11-12-37(18)31(39)28-16-29(20-7-8-20)38-30(35-28)17-27(36-38)25-10-9-21(15-26(25)33)22-13-23(14-22)34-32(40)41-2/h3-6,9-10,15-18,20,22-23H,7-8,11-14H2,1-2H3,(H,34,40)/t18-,22-,23+/m1/s1. The third-order valence-corrected chi connectivity index (χ3v) is 8.91. The molecule has 0 unspecified atom stereocenters. The Bertz CT molecular complexity index is 1670. The van der Waals surface area contributed by atoms with Gasteiger partial charge in [0.25, 0.3) is 5.91 Å². The summed E-state index contributed by atoms with van der Waals surface area (Å²) < 4.78 is 21.8. The fourth-order valence-corrected chi connectivity index (χ4v) is 6.33. The van der Waals surface area contributed by atoms with E-state index in [1.54, 1.807) is 22.7 Å². The Hall–Kier alpha value is -4.27. The molecule has 8 nitrogen and oxygen atoms in total. The number of rotatable bonds is 5. The lowest BCUT2D eigenvalue weighted by Crippen LogP contribution is -2.43. The maximum Gasteiger partial charge on any atom is 0.407 e. The van der Waals surface area contributed by atoms with Crippen molar-refractivity contribution < 1.29 is 18.7 Å². The van der Waals surface area contributed by atoms with Crippen LogP contribution in [0.3, 0.4) is 0 Å². The van der Waals surface area contributed by atoms with Crippen LogP contribution in [-0.2, 0) is 11.2 Å². The maximum atomic E-state index is 15.4. The van der Waals surface area contributed by atoms with E-state index in [1.807, 2.05) is 29.2 Å². The predicted molar refractivity (Wildman–Crippen MR) is 151 cm³/mol. The highest BCUT2D eigenvalue weighted by Crippen LogP contribution is 2.42. The van der Waals surface area contributed by atoms with Gasteiger partial charge >= 0.3 is 6.09 Å². The molecule has 2 amide bonds. The van der Waals surface area contributed by atoms with Crippen LogP contribution < -0.4 is 5.32 Å². The molecule has 1 N–H and O–H groups in total. The maximum absolute atomic E-state index is 15.4. The highest BCUT2D eigenvalue weighted by Gasteiger charge is 2.34. The van der Waals surface area contributed by atoms with Crippen molar-refractivity contribution in [2.24, 2.45) is 0 Å². The lowest BCUT2D eigenvalue weighted by Gasteiger charge is -2.35. The highest BCUT2D eigenvalue weighted by molar-refractivity contribution is 5.93. The Morgan fingerprint density at radius 2 is 1.85 bits per heavy atom. The van der Waals surface area contributed by atoms with Crippen molar-refractivity contribution in [2.75, 3.05) is 13.7 Å². The first-order valence-corrected chi connectivity index (χ1v) is 14.3. The second kappa shape index (κ2) is 9.98. The molecule has 1 aliphatic heterocycles. The summed E-state index contributed by atoms with van der Waals surface area (Å²) in [5.74, 6) is 0.0647. The van der Waals surface area contributed by atoms with Crippen LogP contribution in [0.4, 0.5) is 9.18 Å². The molecule has 0 bridgehead atoms. The second-order valence-corrected chi connectivity index (χ2v) is 11.5. The van der Waals surface area contributed by atoms with Gasteiger partial charge in [0.05, 0.1) is 18.8 Å². The predicted octanol–water partition coefficient (Wildman–Crippen LogP) is 5.77. The Labute approximate surface area is 237 Å². The highest BCUT2D eigenvalue weighted by atomic mass is 19.1. The minimum atomic E-state index is -0.443. The lowest BCUT2D eigenvalue weighted by molar-refractivity contribution is 0.0671. The van der Waals surface area contributed by atoms with Crippen LogP contribution in [0.25, 0.3) is 16.9 Å². The average molecular weight is 554 g/mol. The van der Waals surface area contributed by atoms with Crippen LogP contribution in [0.5, 0.6) is 0 Å². The number of methoxy groups -OCH3 is 1. The van der Waals surface area contributed by atoms with Crippen molar-refractivity contribution in [3.63, 3.8) is 0 Å². The van der Waals surface area contributed by atoms with Crippen LogP contribution in [0.15, 0.2) is 54.6 Å². The molecule has 210 valence electrons. The number of hydrogen-bond acceptors (Lipinski definition) is 5. The Kier molecular flexibility index (Phi) is 6.25. The summed E-state index contributed by atoms with van der Waals surface area (Å²) in [6.45, 7) is 2.71. The Morgan fingerprint density at radius 3 is 2.61 bits per heavy atom. The molecular weight excluding hydrogens is 521 g/mol. The number of ether oxygens (including phenoxy) is 1. The third kappa shape index (κ3) is 4.63. The summed E-state index contributed by atoms with van der Waals surface area (Å²) in [4.78, 5) is 31.8. The topological polar surface area (TPSA) is 88.8 Å². The van der Waals surface area contributed by atoms with Gasteiger partial charge in [0.1, 0.15) is 11.5 Å². The largest absolute Gasteiger partial charge is 0.453 e. The van der Waals surface area contributed by atoms with Gasteiger partial charge in [-0.05, 0) is 79.8 Å². The zero-order valence-corrected chi connectivity index (χ0v) is 23.1. The Morgan fingerprint density at radius 1 is 1.05 bits per heavy atom. The summed E-state index contributed by atoms with van der Waals surface area (Å²) >= 11 is 0. The van der Waals surface area contributed by atoms with Gasteiger partial charge in [0, 0.05) is 35.8 Å². The first kappa shape index (κ1) is 25.7. The van der Waals surface area contributed by atoms with Gasteiger partial charge in [-0.3, -0.25) is 4.79 Å². The molecule has 2 fully saturated rings. The second-order valence-electron chi connectivity index (χ2n) is 11.5. The van der Waals surface area contributed by atoms with E-state index in [1.165, 1.54) is 18.2 Å². The number of nitrogens with one attached hydrogen (secondary N) is 1. The molecule has 2 saturated carbocycles. The normalized spacial score (nSPS) is 21.7. The van der Waals surface area contributed by atoms with Gasteiger partial charge in [0.15, 0.2) is 5.65 Å². The molecule has 9 heteroatoms. The zero-order chi connectivity index (χ0) is 28.2. The van der Waals surface area contributed by atoms with Crippen LogP contribution in [0, 0.1) is 5.82 Å². The number of carbonyl (C=O) groups is 2. The number of amides is 2. The third-order valence-electron chi connectivity index (χ3n) is 8.91. The van der Waals surface area contributed by atoms with Crippen molar-refractivity contribution in [1.29, 1.82) is 0 Å². The summed E-state index contributed by atoms with van der Waals surface area (Å²) in [7, 11) is 1.34. The number of alkyl carbamates (subject to hydrolysis) is 1. The number of aromatic nitrogens is 3. The first-order valence-electron chi connectivity index (χ1n) is 14.3. The van der Waals surface area contributed by atoms with E-state index in [-0.39, 0.29) is 29.7 Å². The molecule has 2 aliphatic carbocycles. The summed E-state index contributed by atoms with van der Waals surface area (Å²) in [5, 5.41) is 7.54. The minimum absolute atomic E-state index is 0.0369. The van der Waals surface area contributed by atoms with Crippen molar-refractivity contribution in [1.82, 2.24) is 24.8 Å². The van der Waals surface area contributed by atoms with Gasteiger partial charge in [-0.25, -0.2) is 18.7 Å². The number of hydrogen-bond donors (Lipinski definition) is 1. The number of nitrogens with zero attached hydrogens (tertiary/aromatic N) is 4. The van der Waals surface area contributed by atoms with Gasteiger partial charge in [-0.15, -0.1) is 0 Å². The first-order chi connectivity index (χ1) is 19.9. The molecule has 1 atom stereocenters. The SMILES string of the molecule is COC(=O)N[C@H]1C[C@@H](c2ccc(-c3cc4nc(C(=O)N5CCc6ccccc6[C@H]5C)cc(C5CC5)n4n3)c(F)c2)C1. The number of fused-ring (bicyclic) bond motifs is 2. The number of halogens is 1. The van der Waals surface area contributed by atoms with Crippen LogP contribution >= 0.6 is 0 Å². The van der Waals surface area contributed by atoms with E-state index < -0.39 is 6.09 Å². The number of carbonyl (C=O) groups excluding carboxylic acids is 2. The molecule has 41 heavy (non-hydrogen) atoms. The van der Waals surface area contributed by atoms with E-state index in [0.717, 1.165) is 43.4 Å². The fourth-order valence-electron chi connectivity index (χ4n) is 6.33. The molecule has 3 heterocycles. The quantitative estimate of drug-likeness (QED) is 0.339. The van der Waals surface area contributed by atoms with Crippen LogP contribution in [-0.4, -0.2) is 51.2 Å².